The molecule has 0 aromatic carbocycles. The second kappa shape index (κ2) is 9.67. The predicted octanol–water partition coefficient (Wildman–Crippen LogP) is 0.689. The first kappa shape index (κ1) is 22.4. The monoisotopic (exact) mass is 428 g/mol. The van der Waals surface area contributed by atoms with Crippen LogP contribution in [-0.2, 0) is 14.4 Å². The van der Waals surface area contributed by atoms with Crippen LogP contribution in [0.1, 0.15) is 50.1 Å². The van der Waals surface area contributed by atoms with Gasteiger partial charge in [0.15, 0.2) is 17.3 Å². The number of pyridine rings is 1. The van der Waals surface area contributed by atoms with Gasteiger partial charge in [0.2, 0.25) is 17.7 Å². The van der Waals surface area contributed by atoms with Gasteiger partial charge < -0.3 is 21.4 Å². The summed E-state index contributed by atoms with van der Waals surface area (Å²) in [4.78, 5) is 60.8. The summed E-state index contributed by atoms with van der Waals surface area (Å²) < 4.78 is 0. The minimum atomic E-state index is -0.971. The highest BCUT2D eigenvalue weighted by Gasteiger charge is 2.32. The van der Waals surface area contributed by atoms with Gasteiger partial charge >= 0.3 is 0 Å². The molecule has 31 heavy (non-hydrogen) atoms. The largest absolute Gasteiger partial charge is 0.368 e. The molecule has 3 heterocycles. The van der Waals surface area contributed by atoms with Crippen LogP contribution in [0.3, 0.4) is 0 Å². The zero-order valence-electron chi connectivity index (χ0n) is 17.7. The smallest absolute Gasteiger partial charge is 0.240 e. The molecule has 0 radical (unpaired) electrons. The highest BCUT2D eigenvalue weighted by atomic mass is 16.2. The number of Topliss-reactive ketones (excluding diaryl/α,β-unsaturated/α-hetero) is 1. The summed E-state index contributed by atoms with van der Waals surface area (Å²) in [5.74, 6) is -2.33. The fraction of sp³-hybridized carbons (Fsp3) is 0.524. The van der Waals surface area contributed by atoms with Crippen LogP contribution < -0.4 is 16.4 Å². The first-order chi connectivity index (χ1) is 14.7. The Hall–Kier alpha value is -3.30. The number of carbonyl (C=O) groups is 4. The summed E-state index contributed by atoms with van der Waals surface area (Å²) in [6.45, 7) is 4.44. The van der Waals surface area contributed by atoms with Gasteiger partial charge in [0, 0.05) is 31.0 Å². The Labute approximate surface area is 179 Å². The average molecular weight is 428 g/mol. The first-order valence-corrected chi connectivity index (χ1v) is 10.5. The quantitative estimate of drug-likeness (QED) is 0.407. The number of rotatable bonds is 10. The van der Waals surface area contributed by atoms with Crippen molar-refractivity contribution in [3.63, 3.8) is 0 Å². The molecule has 0 bridgehead atoms. The van der Waals surface area contributed by atoms with Gasteiger partial charge in [-0.3, -0.25) is 19.2 Å². The zero-order valence-corrected chi connectivity index (χ0v) is 17.7. The molecule has 2 aromatic rings. The van der Waals surface area contributed by atoms with Gasteiger partial charge in [0.1, 0.15) is 6.04 Å². The molecule has 3 rings (SSSR count). The number of nitrogens with two attached hydrogens (primary N) is 1. The summed E-state index contributed by atoms with van der Waals surface area (Å²) in [5.41, 5.74) is 6.54. The number of imidazole rings is 1. The Morgan fingerprint density at radius 1 is 1.32 bits per heavy atom. The molecule has 0 saturated carbocycles. The minimum absolute atomic E-state index is 0.0702. The predicted molar refractivity (Wildman–Crippen MR) is 113 cm³/mol. The van der Waals surface area contributed by atoms with E-state index in [2.05, 4.69) is 25.6 Å². The van der Waals surface area contributed by atoms with E-state index < -0.39 is 23.8 Å². The van der Waals surface area contributed by atoms with Gasteiger partial charge in [-0.2, -0.15) is 0 Å². The third-order valence-corrected chi connectivity index (χ3v) is 5.42. The van der Waals surface area contributed by atoms with Crippen LogP contribution in [-0.4, -0.2) is 51.0 Å². The summed E-state index contributed by atoms with van der Waals surface area (Å²) in [6.07, 6.45) is 2.70. The van der Waals surface area contributed by atoms with Gasteiger partial charge in [-0.25, -0.2) is 9.97 Å². The van der Waals surface area contributed by atoms with Crippen LogP contribution in [0.2, 0.25) is 0 Å². The fourth-order valence-electron chi connectivity index (χ4n) is 3.84. The van der Waals surface area contributed by atoms with E-state index in [0.29, 0.717) is 30.6 Å². The topological polar surface area (TPSA) is 160 Å². The number of H-pyrrole nitrogens is 1. The van der Waals surface area contributed by atoms with Crippen molar-refractivity contribution < 1.29 is 19.2 Å². The SMILES string of the molecule is CC(C)C[C@H](CC(=O)c1nc2ncccc2[nH]1)C(=O)N[C@@H](C[C@@H]1CCNC1=O)C(N)=O. The third kappa shape index (κ3) is 5.65. The maximum absolute atomic E-state index is 13.0. The van der Waals surface area contributed by atoms with Crippen molar-refractivity contribution in [2.75, 3.05) is 6.54 Å². The molecule has 10 nitrogen and oxygen atoms in total. The van der Waals surface area contributed by atoms with E-state index in [0.717, 1.165) is 0 Å². The lowest BCUT2D eigenvalue weighted by atomic mass is 9.90. The van der Waals surface area contributed by atoms with Crippen molar-refractivity contribution in [3.8, 4) is 0 Å². The lowest BCUT2D eigenvalue weighted by Crippen LogP contribution is -2.48. The summed E-state index contributed by atoms with van der Waals surface area (Å²) in [6, 6.07) is 2.53. The Kier molecular flexibility index (Phi) is 6.98. The number of aromatic amines is 1. The van der Waals surface area contributed by atoms with Crippen molar-refractivity contribution in [2.24, 2.45) is 23.5 Å². The normalized spacial score (nSPS) is 18.0. The molecular weight excluding hydrogens is 400 g/mol. The summed E-state index contributed by atoms with van der Waals surface area (Å²) in [5, 5.41) is 5.37. The maximum atomic E-state index is 13.0. The average Bonchev–Trinajstić information content (AvgIpc) is 3.32. The van der Waals surface area contributed by atoms with Crippen LogP contribution in [0, 0.1) is 17.8 Å². The van der Waals surface area contributed by atoms with Crippen LogP contribution in [0.25, 0.3) is 11.2 Å². The number of nitrogens with zero attached hydrogens (tertiary/aromatic N) is 2. The van der Waals surface area contributed by atoms with E-state index in [-0.39, 0.29) is 42.2 Å². The number of carbonyl (C=O) groups excluding carboxylic acids is 4. The molecule has 3 amide bonds. The van der Waals surface area contributed by atoms with E-state index in [1.807, 2.05) is 13.8 Å². The van der Waals surface area contributed by atoms with E-state index in [9.17, 15) is 19.2 Å². The standard InChI is InChI=1S/C21H28N6O4/c1-11(2)8-13(10-16(28)19-25-14-4-3-6-23-18(14)27-19)21(31)26-15(17(22)29)9-12-5-7-24-20(12)30/h3-4,6,11-13,15H,5,7-10H2,1-2H3,(H2,22,29)(H,24,30)(H,26,31)(H,23,25,27)/t12-,13+,15-/m0/s1. The molecule has 1 aliphatic rings. The summed E-state index contributed by atoms with van der Waals surface area (Å²) >= 11 is 0. The molecule has 0 spiro atoms. The van der Waals surface area contributed by atoms with E-state index in [4.69, 9.17) is 5.73 Å². The molecule has 3 atom stereocenters. The van der Waals surface area contributed by atoms with Gasteiger partial charge in [0.25, 0.3) is 0 Å². The molecule has 0 aliphatic carbocycles. The van der Waals surface area contributed by atoms with Crippen LogP contribution in [0.5, 0.6) is 0 Å². The van der Waals surface area contributed by atoms with Crippen LogP contribution in [0.15, 0.2) is 18.3 Å². The number of primary amides is 1. The van der Waals surface area contributed by atoms with Gasteiger partial charge in [-0.05, 0) is 37.3 Å². The van der Waals surface area contributed by atoms with Crippen LogP contribution >= 0.6 is 0 Å². The molecule has 166 valence electrons. The molecular formula is C21H28N6O4. The summed E-state index contributed by atoms with van der Waals surface area (Å²) in [7, 11) is 0. The molecule has 0 unspecified atom stereocenters. The molecule has 1 aliphatic heterocycles. The van der Waals surface area contributed by atoms with Crippen LogP contribution in [0.4, 0.5) is 0 Å². The van der Waals surface area contributed by atoms with Crippen molar-refractivity contribution in [2.45, 2.75) is 45.6 Å². The van der Waals surface area contributed by atoms with Crippen molar-refractivity contribution >= 4 is 34.7 Å². The Balaban J connectivity index is 1.70. The molecule has 2 aromatic heterocycles. The van der Waals surface area contributed by atoms with E-state index >= 15 is 0 Å². The Morgan fingerprint density at radius 3 is 2.71 bits per heavy atom. The maximum Gasteiger partial charge on any atom is 0.240 e. The number of amides is 3. The second-order valence-corrected chi connectivity index (χ2v) is 8.39. The number of fused-ring (bicyclic) bond motifs is 1. The second-order valence-electron chi connectivity index (χ2n) is 8.39. The molecule has 1 fully saturated rings. The van der Waals surface area contributed by atoms with E-state index in [1.54, 1.807) is 18.3 Å². The fourth-order valence-corrected chi connectivity index (χ4v) is 3.84. The lowest BCUT2D eigenvalue weighted by molar-refractivity contribution is -0.131. The van der Waals surface area contributed by atoms with E-state index in [1.165, 1.54) is 0 Å². The van der Waals surface area contributed by atoms with Crippen molar-refractivity contribution in [1.29, 1.82) is 0 Å². The van der Waals surface area contributed by atoms with Gasteiger partial charge in [0.05, 0.1) is 5.52 Å². The highest BCUT2D eigenvalue weighted by molar-refractivity contribution is 5.98. The first-order valence-electron chi connectivity index (χ1n) is 10.5. The number of nitrogens with one attached hydrogen (secondary N) is 3. The zero-order chi connectivity index (χ0) is 22.5. The minimum Gasteiger partial charge on any atom is -0.368 e. The molecule has 1 saturated heterocycles. The highest BCUT2D eigenvalue weighted by Crippen LogP contribution is 2.21. The molecule has 10 heteroatoms. The third-order valence-electron chi connectivity index (χ3n) is 5.42. The molecule has 5 N–H and O–H groups in total. The van der Waals surface area contributed by atoms with Gasteiger partial charge in [-0.1, -0.05) is 13.8 Å². The van der Waals surface area contributed by atoms with Crippen molar-refractivity contribution in [1.82, 2.24) is 25.6 Å². The number of aromatic nitrogens is 3. The van der Waals surface area contributed by atoms with Crippen molar-refractivity contribution in [3.05, 3.63) is 24.2 Å². The number of hydrogen-bond acceptors (Lipinski definition) is 6. The Morgan fingerprint density at radius 2 is 2.10 bits per heavy atom. The number of ketones is 1. The van der Waals surface area contributed by atoms with Gasteiger partial charge in [-0.15, -0.1) is 0 Å². The number of hydrogen-bond donors (Lipinski definition) is 4. The lowest BCUT2D eigenvalue weighted by Gasteiger charge is -2.23. The Bertz CT molecular complexity index is 952.